The van der Waals surface area contributed by atoms with Gasteiger partial charge in [0.25, 0.3) is 11.8 Å². The Morgan fingerprint density at radius 3 is 2.59 bits per heavy atom. The molecule has 1 fully saturated rings. The first-order valence-electron chi connectivity index (χ1n) is 9.44. The molecule has 2 N–H and O–H groups in total. The van der Waals surface area contributed by atoms with E-state index in [1.165, 1.54) is 25.3 Å². The molecule has 32 heavy (non-hydrogen) atoms. The lowest BCUT2D eigenvalue weighted by Gasteiger charge is -2.17. The summed E-state index contributed by atoms with van der Waals surface area (Å²) in [5, 5.41) is 4.10. The van der Waals surface area contributed by atoms with E-state index in [-0.39, 0.29) is 28.6 Å². The first-order chi connectivity index (χ1) is 15.3. The Morgan fingerprint density at radius 1 is 1.12 bits per heavy atom. The Kier molecular flexibility index (Phi) is 7.55. The Balaban J connectivity index is 1.50. The zero-order valence-corrected chi connectivity index (χ0v) is 18.4. The summed E-state index contributed by atoms with van der Waals surface area (Å²) in [5.41, 5.74) is 3.06. The molecule has 0 aliphatic carbocycles. The highest BCUT2D eigenvalue weighted by atomic mass is 35.5. The lowest BCUT2D eigenvalue weighted by molar-refractivity contribution is -0.151. The second kappa shape index (κ2) is 10.3. The van der Waals surface area contributed by atoms with Gasteiger partial charge in [0.1, 0.15) is 5.75 Å². The summed E-state index contributed by atoms with van der Waals surface area (Å²) in [4.78, 5) is 48.9. The van der Waals surface area contributed by atoms with Gasteiger partial charge in [0.05, 0.1) is 35.3 Å². The van der Waals surface area contributed by atoms with Crippen molar-refractivity contribution in [3.8, 4) is 5.75 Å². The molecule has 9 nitrogen and oxygen atoms in total. The summed E-state index contributed by atoms with van der Waals surface area (Å²) >= 11 is 11.7. The van der Waals surface area contributed by atoms with Crippen LogP contribution in [0.15, 0.2) is 42.5 Å². The van der Waals surface area contributed by atoms with Gasteiger partial charge >= 0.3 is 5.97 Å². The minimum atomic E-state index is -0.823. The standard InChI is InChI=1S/C21H19Cl2N3O6/c1-31-17-5-3-2-4-16(17)24-18(27)11-32-21(30)13-9-19(28)26(10-13)25-20(29)12-6-7-14(22)15(23)8-12/h2-8,13H,9-11H2,1H3,(H,24,27)(H,25,29)/t13-/m0/s1. The molecule has 1 aliphatic rings. The number of hydrogen-bond donors (Lipinski definition) is 2. The van der Waals surface area contributed by atoms with E-state index in [0.29, 0.717) is 11.4 Å². The number of methoxy groups -OCH3 is 1. The Morgan fingerprint density at radius 2 is 1.88 bits per heavy atom. The van der Waals surface area contributed by atoms with Crippen molar-refractivity contribution in [3.63, 3.8) is 0 Å². The Labute approximate surface area is 193 Å². The van der Waals surface area contributed by atoms with Crippen LogP contribution >= 0.6 is 23.2 Å². The number of amides is 3. The summed E-state index contributed by atoms with van der Waals surface area (Å²) in [7, 11) is 1.47. The zero-order valence-electron chi connectivity index (χ0n) is 16.9. The number of carbonyl (C=O) groups excluding carboxylic acids is 4. The monoisotopic (exact) mass is 479 g/mol. The van der Waals surface area contributed by atoms with Gasteiger partial charge in [-0.3, -0.25) is 29.6 Å². The summed E-state index contributed by atoms with van der Waals surface area (Å²) in [6.07, 6.45) is -0.158. The third kappa shape index (κ3) is 5.68. The molecule has 1 aliphatic heterocycles. The fraction of sp³-hybridized carbons (Fsp3) is 0.238. The normalized spacial score (nSPS) is 15.3. The maximum absolute atomic E-state index is 12.3. The number of hydrogen-bond acceptors (Lipinski definition) is 6. The van der Waals surface area contributed by atoms with Crippen LogP contribution in [0.2, 0.25) is 10.0 Å². The number of rotatable bonds is 7. The average Bonchev–Trinajstić information content (AvgIpc) is 3.14. The van der Waals surface area contributed by atoms with E-state index in [2.05, 4.69) is 10.7 Å². The number of halogens is 2. The zero-order chi connectivity index (χ0) is 23.3. The molecular weight excluding hydrogens is 461 g/mol. The van der Waals surface area contributed by atoms with Crippen LogP contribution in [0.1, 0.15) is 16.8 Å². The number of nitrogens with zero attached hydrogens (tertiary/aromatic N) is 1. The molecule has 0 bridgehead atoms. The fourth-order valence-corrected chi connectivity index (χ4v) is 3.28. The molecule has 168 valence electrons. The fourth-order valence-electron chi connectivity index (χ4n) is 2.99. The van der Waals surface area contributed by atoms with Gasteiger partial charge in [0.15, 0.2) is 6.61 Å². The van der Waals surface area contributed by atoms with Crippen LogP contribution in [-0.2, 0) is 19.1 Å². The summed E-state index contributed by atoms with van der Waals surface area (Å²) < 4.78 is 10.2. The second-order valence-corrected chi connectivity index (χ2v) is 7.65. The van der Waals surface area contributed by atoms with Gasteiger partial charge < -0.3 is 14.8 Å². The third-order valence-electron chi connectivity index (χ3n) is 4.60. The Hall–Kier alpha value is -3.30. The van der Waals surface area contributed by atoms with Crippen LogP contribution < -0.4 is 15.5 Å². The predicted octanol–water partition coefficient (Wildman–Crippen LogP) is 2.68. The van der Waals surface area contributed by atoms with Crippen molar-refractivity contribution >= 4 is 52.6 Å². The quantitative estimate of drug-likeness (QED) is 0.590. The van der Waals surface area contributed by atoms with Gasteiger partial charge in [0.2, 0.25) is 5.91 Å². The molecule has 1 saturated heterocycles. The van der Waals surface area contributed by atoms with Crippen LogP contribution in [-0.4, -0.2) is 49.0 Å². The first kappa shape index (κ1) is 23.4. The van der Waals surface area contributed by atoms with E-state index in [9.17, 15) is 19.2 Å². The topological polar surface area (TPSA) is 114 Å². The van der Waals surface area contributed by atoms with Crippen molar-refractivity contribution in [1.82, 2.24) is 10.4 Å². The van der Waals surface area contributed by atoms with Gasteiger partial charge in [-0.1, -0.05) is 35.3 Å². The van der Waals surface area contributed by atoms with Crippen molar-refractivity contribution in [3.05, 3.63) is 58.1 Å². The van der Waals surface area contributed by atoms with Gasteiger partial charge in [-0.05, 0) is 30.3 Å². The number of hydrazine groups is 1. The number of esters is 1. The number of benzene rings is 2. The minimum Gasteiger partial charge on any atom is -0.495 e. The molecule has 3 rings (SSSR count). The lowest BCUT2D eigenvalue weighted by atomic mass is 10.1. The Bertz CT molecular complexity index is 1060. The molecule has 1 heterocycles. The first-order valence-corrected chi connectivity index (χ1v) is 10.2. The largest absolute Gasteiger partial charge is 0.495 e. The van der Waals surface area contributed by atoms with Gasteiger partial charge in [-0.15, -0.1) is 0 Å². The maximum atomic E-state index is 12.3. The molecule has 0 saturated carbocycles. The summed E-state index contributed by atoms with van der Waals surface area (Å²) in [6.45, 7) is -0.615. The number of anilines is 1. The van der Waals surface area contributed by atoms with E-state index in [4.69, 9.17) is 32.7 Å². The number of nitrogens with one attached hydrogen (secondary N) is 2. The minimum absolute atomic E-state index is 0.0845. The molecule has 0 aromatic heterocycles. The van der Waals surface area contributed by atoms with E-state index in [0.717, 1.165) is 5.01 Å². The molecule has 3 amide bonds. The lowest BCUT2D eigenvalue weighted by Crippen LogP contribution is -2.43. The van der Waals surface area contributed by atoms with Crippen LogP contribution in [0.3, 0.4) is 0 Å². The van der Waals surface area contributed by atoms with Crippen molar-refractivity contribution in [2.45, 2.75) is 6.42 Å². The van der Waals surface area contributed by atoms with Crippen LogP contribution in [0.5, 0.6) is 5.75 Å². The van der Waals surface area contributed by atoms with Crippen LogP contribution in [0.25, 0.3) is 0 Å². The third-order valence-corrected chi connectivity index (χ3v) is 5.34. The van der Waals surface area contributed by atoms with Gasteiger partial charge in [0, 0.05) is 12.0 Å². The number of carbonyl (C=O) groups is 4. The van der Waals surface area contributed by atoms with E-state index in [1.807, 2.05) is 0 Å². The summed E-state index contributed by atoms with van der Waals surface area (Å²) in [5.74, 6) is -2.68. The number of ether oxygens (including phenoxy) is 2. The van der Waals surface area contributed by atoms with E-state index < -0.39 is 36.2 Å². The molecule has 1 atom stereocenters. The van der Waals surface area contributed by atoms with Crippen molar-refractivity contribution in [1.29, 1.82) is 0 Å². The predicted molar refractivity (Wildman–Crippen MR) is 116 cm³/mol. The second-order valence-electron chi connectivity index (χ2n) is 6.83. The summed E-state index contributed by atoms with van der Waals surface area (Å²) in [6, 6.07) is 11.1. The maximum Gasteiger partial charge on any atom is 0.311 e. The smallest absolute Gasteiger partial charge is 0.311 e. The SMILES string of the molecule is COc1ccccc1NC(=O)COC(=O)[C@H]1CC(=O)N(NC(=O)c2ccc(Cl)c(Cl)c2)C1. The van der Waals surface area contributed by atoms with E-state index in [1.54, 1.807) is 24.3 Å². The molecule has 0 spiro atoms. The van der Waals surface area contributed by atoms with E-state index >= 15 is 0 Å². The highest BCUT2D eigenvalue weighted by Crippen LogP contribution is 2.24. The van der Waals surface area contributed by atoms with Crippen molar-refractivity contribution in [2.75, 3.05) is 25.6 Å². The highest BCUT2D eigenvalue weighted by Gasteiger charge is 2.36. The van der Waals surface area contributed by atoms with Gasteiger partial charge in [-0.25, -0.2) is 0 Å². The van der Waals surface area contributed by atoms with Crippen LogP contribution in [0, 0.1) is 5.92 Å². The molecule has 0 unspecified atom stereocenters. The molecule has 0 radical (unpaired) electrons. The van der Waals surface area contributed by atoms with Gasteiger partial charge in [-0.2, -0.15) is 0 Å². The molecule has 11 heteroatoms. The number of para-hydroxylation sites is 2. The van der Waals surface area contributed by atoms with Crippen molar-refractivity contribution < 1.29 is 28.7 Å². The van der Waals surface area contributed by atoms with Crippen LogP contribution in [0.4, 0.5) is 5.69 Å². The van der Waals surface area contributed by atoms with Crippen molar-refractivity contribution in [2.24, 2.45) is 5.92 Å². The highest BCUT2D eigenvalue weighted by molar-refractivity contribution is 6.42. The average molecular weight is 480 g/mol. The molecular formula is C21H19Cl2N3O6. The molecule has 2 aromatic rings. The molecule has 2 aromatic carbocycles.